The highest BCUT2D eigenvalue weighted by molar-refractivity contribution is 5.17. The van der Waals surface area contributed by atoms with Crippen molar-refractivity contribution in [2.45, 2.75) is 52.5 Å². The summed E-state index contributed by atoms with van der Waals surface area (Å²) in [5, 5.41) is 3.47. The minimum atomic E-state index is -0.119. The first-order valence-corrected chi connectivity index (χ1v) is 7.82. The molecule has 2 rings (SSSR count). The normalized spacial score (nSPS) is 27.6. The summed E-state index contributed by atoms with van der Waals surface area (Å²) in [4.78, 5) is 0. The van der Waals surface area contributed by atoms with E-state index in [9.17, 15) is 4.39 Å². The van der Waals surface area contributed by atoms with Gasteiger partial charge in [-0.25, -0.2) is 4.39 Å². The van der Waals surface area contributed by atoms with Crippen molar-refractivity contribution < 1.29 is 4.39 Å². The predicted octanol–water partition coefficient (Wildman–Crippen LogP) is 4.42. The Kier molecular flexibility index (Phi) is 4.85. The average molecular weight is 277 g/mol. The van der Waals surface area contributed by atoms with E-state index in [0.717, 1.165) is 17.9 Å². The number of hydrogen-bond acceptors (Lipinski definition) is 1. The Hall–Kier alpha value is -0.890. The van der Waals surface area contributed by atoms with Gasteiger partial charge in [0.2, 0.25) is 0 Å². The van der Waals surface area contributed by atoms with Gasteiger partial charge in [0.25, 0.3) is 0 Å². The Morgan fingerprint density at radius 2 is 2.00 bits per heavy atom. The van der Waals surface area contributed by atoms with Crippen LogP contribution in [0, 0.1) is 23.1 Å². The summed E-state index contributed by atoms with van der Waals surface area (Å²) in [5.74, 6) is 1.26. The Balaban J connectivity index is 2.09. The van der Waals surface area contributed by atoms with Crippen molar-refractivity contribution in [1.82, 2.24) is 5.32 Å². The first-order valence-electron chi connectivity index (χ1n) is 7.82. The maximum Gasteiger partial charge on any atom is 0.123 e. The summed E-state index contributed by atoms with van der Waals surface area (Å²) in [6, 6.07) is 7.65. The van der Waals surface area contributed by atoms with Gasteiger partial charge in [-0.3, -0.25) is 0 Å². The quantitative estimate of drug-likeness (QED) is 0.862. The van der Waals surface area contributed by atoms with Gasteiger partial charge >= 0.3 is 0 Å². The third-order valence-corrected chi connectivity index (χ3v) is 4.96. The lowest BCUT2D eigenvalue weighted by molar-refractivity contribution is 0.116. The summed E-state index contributed by atoms with van der Waals surface area (Å²) in [6.07, 6.45) is 4.76. The molecule has 1 saturated carbocycles. The zero-order valence-corrected chi connectivity index (χ0v) is 13.2. The first kappa shape index (κ1) is 15.5. The number of halogens is 1. The summed E-state index contributed by atoms with van der Waals surface area (Å²) < 4.78 is 13.4. The van der Waals surface area contributed by atoms with E-state index >= 15 is 0 Å². The highest BCUT2D eigenvalue weighted by atomic mass is 19.1. The van der Waals surface area contributed by atoms with Gasteiger partial charge in [0.1, 0.15) is 5.82 Å². The van der Waals surface area contributed by atoms with E-state index in [-0.39, 0.29) is 5.82 Å². The van der Waals surface area contributed by atoms with Gasteiger partial charge in [0.05, 0.1) is 0 Å². The molecule has 1 aromatic rings. The molecule has 2 heteroatoms. The number of rotatable bonds is 3. The zero-order chi connectivity index (χ0) is 14.8. The van der Waals surface area contributed by atoms with Crippen LogP contribution in [-0.2, 0) is 6.42 Å². The molecule has 1 aliphatic rings. The van der Waals surface area contributed by atoms with Crippen LogP contribution in [0.5, 0.6) is 0 Å². The SMILES string of the molecule is CNC1CCC(C(C)(C)C)CC1Cc1cccc(F)c1. The molecule has 0 saturated heterocycles. The zero-order valence-electron chi connectivity index (χ0n) is 13.2. The molecule has 1 aromatic carbocycles. The Labute approximate surface area is 123 Å². The second kappa shape index (κ2) is 6.26. The van der Waals surface area contributed by atoms with Gasteiger partial charge in [-0.15, -0.1) is 0 Å². The Morgan fingerprint density at radius 3 is 2.60 bits per heavy atom. The van der Waals surface area contributed by atoms with Crippen LogP contribution in [-0.4, -0.2) is 13.1 Å². The molecule has 0 radical (unpaired) electrons. The highest BCUT2D eigenvalue weighted by Crippen LogP contribution is 2.41. The van der Waals surface area contributed by atoms with Crippen molar-refractivity contribution in [2.75, 3.05) is 7.05 Å². The molecule has 0 amide bonds. The number of nitrogens with one attached hydrogen (secondary N) is 1. The van der Waals surface area contributed by atoms with Gasteiger partial charge in [0.15, 0.2) is 0 Å². The molecule has 0 bridgehead atoms. The summed E-state index contributed by atoms with van der Waals surface area (Å²) in [6.45, 7) is 7.03. The van der Waals surface area contributed by atoms with E-state index in [0.29, 0.717) is 17.4 Å². The molecular formula is C18H28FN. The fourth-order valence-electron chi connectivity index (χ4n) is 3.62. The van der Waals surface area contributed by atoms with Crippen LogP contribution in [0.1, 0.15) is 45.6 Å². The fraction of sp³-hybridized carbons (Fsp3) is 0.667. The van der Waals surface area contributed by atoms with E-state index in [4.69, 9.17) is 0 Å². The predicted molar refractivity (Wildman–Crippen MR) is 83.2 cm³/mol. The van der Waals surface area contributed by atoms with Crippen molar-refractivity contribution >= 4 is 0 Å². The monoisotopic (exact) mass is 277 g/mol. The van der Waals surface area contributed by atoms with Crippen molar-refractivity contribution in [2.24, 2.45) is 17.3 Å². The van der Waals surface area contributed by atoms with Crippen LogP contribution >= 0.6 is 0 Å². The molecule has 0 aromatic heterocycles. The summed E-state index contributed by atoms with van der Waals surface area (Å²) >= 11 is 0. The van der Waals surface area contributed by atoms with Gasteiger partial charge < -0.3 is 5.32 Å². The molecule has 112 valence electrons. The maximum absolute atomic E-state index is 13.4. The molecule has 1 fully saturated rings. The molecule has 1 nitrogen and oxygen atoms in total. The van der Waals surface area contributed by atoms with Crippen LogP contribution in [0.15, 0.2) is 24.3 Å². The maximum atomic E-state index is 13.4. The number of benzene rings is 1. The molecular weight excluding hydrogens is 249 g/mol. The van der Waals surface area contributed by atoms with E-state index < -0.39 is 0 Å². The lowest BCUT2D eigenvalue weighted by Gasteiger charge is -2.42. The minimum absolute atomic E-state index is 0.119. The Bertz CT molecular complexity index is 435. The van der Waals surface area contributed by atoms with Crippen LogP contribution < -0.4 is 5.32 Å². The van der Waals surface area contributed by atoms with Crippen molar-refractivity contribution in [3.63, 3.8) is 0 Å². The van der Waals surface area contributed by atoms with Gasteiger partial charge in [-0.2, -0.15) is 0 Å². The van der Waals surface area contributed by atoms with Crippen LogP contribution in [0.4, 0.5) is 4.39 Å². The molecule has 0 spiro atoms. The molecule has 0 aliphatic heterocycles. The van der Waals surface area contributed by atoms with E-state index in [2.05, 4.69) is 39.2 Å². The summed E-state index contributed by atoms with van der Waals surface area (Å²) in [7, 11) is 2.06. The molecule has 0 heterocycles. The molecule has 1 aliphatic carbocycles. The van der Waals surface area contributed by atoms with Gasteiger partial charge in [-0.05, 0) is 67.7 Å². The third-order valence-electron chi connectivity index (χ3n) is 4.96. The Morgan fingerprint density at radius 1 is 1.25 bits per heavy atom. The standard InChI is InChI=1S/C18H28FN/c1-18(2,3)15-8-9-17(20-4)14(12-15)10-13-6-5-7-16(19)11-13/h5-7,11,14-15,17,20H,8-10,12H2,1-4H3. The molecule has 1 N–H and O–H groups in total. The fourth-order valence-corrected chi connectivity index (χ4v) is 3.62. The topological polar surface area (TPSA) is 12.0 Å². The molecule has 3 atom stereocenters. The van der Waals surface area contributed by atoms with Gasteiger partial charge in [0, 0.05) is 6.04 Å². The number of hydrogen-bond donors (Lipinski definition) is 1. The smallest absolute Gasteiger partial charge is 0.123 e. The third kappa shape index (κ3) is 3.82. The molecule has 3 unspecified atom stereocenters. The van der Waals surface area contributed by atoms with E-state index in [1.165, 1.54) is 25.3 Å². The lowest BCUT2D eigenvalue weighted by atomic mass is 9.66. The average Bonchev–Trinajstić information content (AvgIpc) is 2.37. The van der Waals surface area contributed by atoms with Crippen molar-refractivity contribution in [3.8, 4) is 0 Å². The van der Waals surface area contributed by atoms with Gasteiger partial charge in [-0.1, -0.05) is 32.9 Å². The second-order valence-electron chi connectivity index (χ2n) is 7.37. The van der Waals surface area contributed by atoms with Crippen LogP contribution in [0.2, 0.25) is 0 Å². The van der Waals surface area contributed by atoms with Crippen molar-refractivity contribution in [3.05, 3.63) is 35.6 Å². The first-order chi connectivity index (χ1) is 9.40. The summed E-state index contributed by atoms with van der Waals surface area (Å²) in [5.41, 5.74) is 1.50. The lowest BCUT2D eigenvalue weighted by Crippen LogP contribution is -2.42. The van der Waals surface area contributed by atoms with Crippen molar-refractivity contribution in [1.29, 1.82) is 0 Å². The van der Waals surface area contributed by atoms with E-state index in [1.807, 2.05) is 6.07 Å². The van der Waals surface area contributed by atoms with Crippen LogP contribution in [0.3, 0.4) is 0 Å². The molecule has 20 heavy (non-hydrogen) atoms. The second-order valence-corrected chi connectivity index (χ2v) is 7.37. The largest absolute Gasteiger partial charge is 0.317 e. The minimum Gasteiger partial charge on any atom is -0.317 e. The highest BCUT2D eigenvalue weighted by Gasteiger charge is 2.35. The van der Waals surface area contributed by atoms with E-state index in [1.54, 1.807) is 6.07 Å². The van der Waals surface area contributed by atoms with Crippen LogP contribution in [0.25, 0.3) is 0 Å².